The van der Waals surface area contributed by atoms with Crippen LogP contribution in [0, 0.1) is 12.3 Å². The molecule has 0 aliphatic heterocycles. The fourth-order valence-corrected chi connectivity index (χ4v) is 1.04. The number of terminal acetylenes is 1. The Hall–Kier alpha value is -2.08. The molecule has 0 spiro atoms. The van der Waals surface area contributed by atoms with Crippen molar-refractivity contribution in [3.8, 4) is 12.3 Å². The van der Waals surface area contributed by atoms with Crippen LogP contribution in [0.2, 0.25) is 0 Å². The molecule has 0 saturated carbocycles. The second-order valence-corrected chi connectivity index (χ2v) is 3.76. The van der Waals surface area contributed by atoms with Crippen molar-refractivity contribution >= 4 is 0 Å². The van der Waals surface area contributed by atoms with Crippen molar-refractivity contribution in [2.45, 2.75) is 13.8 Å². The molecule has 0 unspecified atom stereocenters. The van der Waals surface area contributed by atoms with Crippen molar-refractivity contribution in [1.29, 1.82) is 0 Å². The van der Waals surface area contributed by atoms with Gasteiger partial charge in [-0.25, -0.2) is 0 Å². The molecule has 0 aliphatic rings. The molecule has 18 heavy (non-hydrogen) atoms. The van der Waals surface area contributed by atoms with E-state index < -0.39 is 0 Å². The van der Waals surface area contributed by atoms with Crippen LogP contribution >= 0.6 is 0 Å². The average Bonchev–Trinajstić information content (AvgIpc) is 2.33. The molecular formula is C15H21NO2. The monoisotopic (exact) mass is 247 g/mol. The highest BCUT2D eigenvalue weighted by Crippen LogP contribution is 1.99. The number of nitrogens with zero attached hydrogens (tertiary/aromatic N) is 1. The molecule has 0 rings (SSSR count). The third-order valence-electron chi connectivity index (χ3n) is 2.19. The maximum Gasteiger partial charge on any atom is 0.105 e. The van der Waals surface area contributed by atoms with E-state index in [4.69, 9.17) is 16.3 Å². The second kappa shape index (κ2) is 10.1. The van der Waals surface area contributed by atoms with E-state index in [1.165, 1.54) is 0 Å². The molecule has 0 aromatic rings. The topological polar surface area (TPSA) is 32.7 Å². The Morgan fingerprint density at radius 3 is 2.67 bits per heavy atom. The van der Waals surface area contributed by atoms with Gasteiger partial charge in [-0.1, -0.05) is 12.0 Å². The Bertz CT molecular complexity index is 380. The minimum Gasteiger partial charge on any atom is -0.513 e. The summed E-state index contributed by atoms with van der Waals surface area (Å²) in [4.78, 5) is 2.07. The first-order chi connectivity index (χ1) is 8.57. The van der Waals surface area contributed by atoms with E-state index in [1.54, 1.807) is 31.4 Å². The van der Waals surface area contributed by atoms with Crippen molar-refractivity contribution in [1.82, 2.24) is 4.90 Å². The van der Waals surface area contributed by atoms with E-state index in [9.17, 15) is 0 Å². The number of aliphatic hydroxyl groups excluding tert-OH is 1. The third-order valence-corrected chi connectivity index (χ3v) is 2.19. The zero-order valence-electron chi connectivity index (χ0n) is 11.3. The van der Waals surface area contributed by atoms with E-state index in [0.717, 1.165) is 12.2 Å². The lowest BCUT2D eigenvalue weighted by atomic mass is 10.3. The van der Waals surface area contributed by atoms with Crippen LogP contribution < -0.4 is 0 Å². The van der Waals surface area contributed by atoms with E-state index in [-0.39, 0.29) is 5.76 Å². The Labute approximate surface area is 110 Å². The van der Waals surface area contributed by atoms with Crippen LogP contribution in [-0.4, -0.2) is 30.2 Å². The highest BCUT2D eigenvalue weighted by molar-refractivity contribution is 5.18. The predicted molar refractivity (Wildman–Crippen MR) is 75.8 cm³/mol. The number of aliphatic hydroxyl groups is 1. The average molecular weight is 247 g/mol. The summed E-state index contributed by atoms with van der Waals surface area (Å²) < 4.78 is 5.28. The van der Waals surface area contributed by atoms with Crippen molar-refractivity contribution in [3.05, 3.63) is 48.1 Å². The van der Waals surface area contributed by atoms with Gasteiger partial charge in [-0.2, -0.15) is 0 Å². The molecule has 0 radical (unpaired) electrons. The number of hydrogen-bond donors (Lipinski definition) is 1. The molecule has 0 saturated heterocycles. The van der Waals surface area contributed by atoms with E-state index in [0.29, 0.717) is 6.61 Å². The Morgan fingerprint density at radius 1 is 1.33 bits per heavy atom. The number of likely N-dealkylation sites (N-methyl/N-ethyl adjacent to an activating group) is 1. The standard InChI is InChI=1S/C15H21NO2/c1-5-6-7-9-14(2)16(4)11-13-18-12-8-10-15(3)17/h1,6-10,12,17H,11,13H2,2-4H3/b7-6+,12-8+,14-9+,15-10+. The molecule has 0 aliphatic carbocycles. The van der Waals surface area contributed by atoms with Gasteiger partial charge < -0.3 is 14.7 Å². The maximum atomic E-state index is 8.89. The molecule has 0 heterocycles. The maximum absolute atomic E-state index is 8.89. The molecule has 0 atom stereocenters. The van der Waals surface area contributed by atoms with Gasteiger partial charge in [0.15, 0.2) is 0 Å². The number of ether oxygens (including phenoxy) is 1. The summed E-state index contributed by atoms with van der Waals surface area (Å²) in [5.74, 6) is 2.69. The van der Waals surface area contributed by atoms with E-state index in [2.05, 4.69) is 10.8 Å². The summed E-state index contributed by atoms with van der Waals surface area (Å²) >= 11 is 0. The number of hydrogen-bond acceptors (Lipinski definition) is 3. The lowest BCUT2D eigenvalue weighted by molar-refractivity contribution is 0.215. The van der Waals surface area contributed by atoms with Gasteiger partial charge in [0.05, 0.1) is 18.6 Å². The summed E-state index contributed by atoms with van der Waals surface area (Å²) in [5.41, 5.74) is 1.11. The lowest BCUT2D eigenvalue weighted by Crippen LogP contribution is -2.20. The Balaban J connectivity index is 3.90. The number of rotatable bonds is 7. The zero-order chi connectivity index (χ0) is 13.8. The third kappa shape index (κ3) is 9.17. The first kappa shape index (κ1) is 15.9. The summed E-state index contributed by atoms with van der Waals surface area (Å²) in [7, 11) is 1.99. The summed E-state index contributed by atoms with van der Waals surface area (Å²) in [6.45, 7) is 4.97. The zero-order valence-corrected chi connectivity index (χ0v) is 11.3. The minimum absolute atomic E-state index is 0.256. The molecule has 0 amide bonds. The second-order valence-electron chi connectivity index (χ2n) is 3.76. The van der Waals surface area contributed by atoms with Crippen LogP contribution in [0.4, 0.5) is 0 Å². The van der Waals surface area contributed by atoms with Gasteiger partial charge in [-0.15, -0.1) is 6.42 Å². The molecular weight excluding hydrogens is 226 g/mol. The normalized spacial score (nSPS) is 13.0. The van der Waals surface area contributed by atoms with Crippen LogP contribution in [0.5, 0.6) is 0 Å². The molecule has 3 heteroatoms. The van der Waals surface area contributed by atoms with Gasteiger partial charge in [0.25, 0.3) is 0 Å². The summed E-state index contributed by atoms with van der Waals surface area (Å²) in [6.07, 6.45) is 15.3. The van der Waals surface area contributed by atoms with Gasteiger partial charge >= 0.3 is 0 Å². The van der Waals surface area contributed by atoms with Crippen LogP contribution in [0.25, 0.3) is 0 Å². The van der Waals surface area contributed by atoms with Gasteiger partial charge in [0.2, 0.25) is 0 Å². The fourth-order valence-electron chi connectivity index (χ4n) is 1.04. The lowest BCUT2D eigenvalue weighted by Gasteiger charge is -2.18. The van der Waals surface area contributed by atoms with Gasteiger partial charge in [-0.3, -0.25) is 0 Å². The smallest absolute Gasteiger partial charge is 0.105 e. The van der Waals surface area contributed by atoms with Crippen LogP contribution in [0.1, 0.15) is 13.8 Å². The van der Waals surface area contributed by atoms with Gasteiger partial charge in [-0.05, 0) is 38.2 Å². The Kier molecular flexibility index (Phi) is 8.93. The van der Waals surface area contributed by atoms with E-state index in [1.807, 2.05) is 26.1 Å². The first-order valence-corrected chi connectivity index (χ1v) is 5.72. The van der Waals surface area contributed by atoms with Gasteiger partial charge in [0, 0.05) is 12.7 Å². The largest absolute Gasteiger partial charge is 0.513 e. The van der Waals surface area contributed by atoms with Crippen molar-refractivity contribution in [3.63, 3.8) is 0 Å². The molecule has 0 bridgehead atoms. The molecule has 1 N–H and O–H groups in total. The van der Waals surface area contributed by atoms with Crippen molar-refractivity contribution in [2.75, 3.05) is 20.2 Å². The highest BCUT2D eigenvalue weighted by atomic mass is 16.5. The molecule has 0 fully saturated rings. The SMILES string of the molecule is C#C/C=C/C=C(\C)N(C)CCO/C=C/C=C(\C)O. The highest BCUT2D eigenvalue weighted by Gasteiger charge is 1.96. The first-order valence-electron chi connectivity index (χ1n) is 5.72. The number of allylic oxidation sites excluding steroid dienone is 7. The quantitative estimate of drug-likeness (QED) is 0.325. The molecule has 0 aromatic heterocycles. The molecule has 0 aromatic carbocycles. The van der Waals surface area contributed by atoms with E-state index >= 15 is 0 Å². The fraction of sp³-hybridized carbons (Fsp3) is 0.333. The molecule has 3 nitrogen and oxygen atoms in total. The van der Waals surface area contributed by atoms with Crippen LogP contribution in [0.15, 0.2) is 48.1 Å². The minimum atomic E-state index is 0.256. The van der Waals surface area contributed by atoms with Gasteiger partial charge in [0.1, 0.15) is 6.61 Å². The summed E-state index contributed by atoms with van der Waals surface area (Å²) in [5, 5.41) is 8.89. The molecule has 98 valence electrons. The summed E-state index contributed by atoms with van der Waals surface area (Å²) in [6, 6.07) is 0. The van der Waals surface area contributed by atoms with Crippen molar-refractivity contribution in [2.24, 2.45) is 0 Å². The van der Waals surface area contributed by atoms with Crippen LogP contribution in [0.3, 0.4) is 0 Å². The Morgan fingerprint density at radius 2 is 2.06 bits per heavy atom. The van der Waals surface area contributed by atoms with Crippen molar-refractivity contribution < 1.29 is 9.84 Å². The predicted octanol–water partition coefficient (Wildman–Crippen LogP) is 3.00. The van der Waals surface area contributed by atoms with Crippen LogP contribution in [-0.2, 0) is 4.74 Å².